The van der Waals surface area contributed by atoms with E-state index in [2.05, 4.69) is 18.4 Å². The van der Waals surface area contributed by atoms with E-state index >= 15 is 0 Å². The van der Waals surface area contributed by atoms with Gasteiger partial charge >= 0.3 is 0 Å². The maximum Gasteiger partial charge on any atom is 0.267 e. The molecule has 0 atom stereocenters. The van der Waals surface area contributed by atoms with Crippen molar-refractivity contribution in [3.63, 3.8) is 0 Å². The van der Waals surface area contributed by atoms with Crippen molar-refractivity contribution in [3.8, 4) is 11.5 Å². The molecular weight excluding hydrogens is 476 g/mol. The molecule has 0 aliphatic rings. The van der Waals surface area contributed by atoms with Crippen molar-refractivity contribution in [3.05, 3.63) is 53.9 Å². The number of ether oxygens (including phenoxy) is 2. The molecule has 0 aliphatic carbocycles. The monoisotopic (exact) mass is 525 g/mol. The fourth-order valence-corrected chi connectivity index (χ4v) is 4.52. The molecule has 0 saturated carbocycles. The maximum atomic E-state index is 12.9. The Bertz CT molecular complexity index is 976. The second kappa shape index (κ2) is 18.4. The van der Waals surface area contributed by atoms with E-state index in [0.717, 1.165) is 36.4 Å². The van der Waals surface area contributed by atoms with Crippen LogP contribution in [0.5, 0.6) is 11.5 Å². The number of unbranched alkanes of at least 4 members (excludes halogenated alkanes) is 9. The van der Waals surface area contributed by atoms with Gasteiger partial charge in [0.15, 0.2) is 12.8 Å². The van der Waals surface area contributed by atoms with E-state index in [0.29, 0.717) is 12.4 Å². The van der Waals surface area contributed by atoms with Crippen LogP contribution in [0.25, 0.3) is 0 Å². The van der Waals surface area contributed by atoms with Gasteiger partial charge in [-0.3, -0.25) is 14.5 Å². The number of carbonyl (C=O) groups excluding carboxylic acids is 2. The van der Waals surface area contributed by atoms with Crippen LogP contribution in [0.4, 0.5) is 0 Å². The molecule has 6 nitrogen and oxygen atoms in total. The predicted octanol–water partition coefficient (Wildman–Crippen LogP) is 6.95. The molecule has 1 aromatic carbocycles. The lowest BCUT2D eigenvalue weighted by molar-refractivity contribution is -0.704. The number of rotatable bonds is 19. The first-order valence-electron chi connectivity index (χ1n) is 14.6. The van der Waals surface area contributed by atoms with Crippen LogP contribution in [0.15, 0.2) is 42.6 Å². The van der Waals surface area contributed by atoms with Gasteiger partial charge < -0.3 is 9.47 Å². The van der Waals surface area contributed by atoms with Gasteiger partial charge in [0.2, 0.25) is 11.6 Å². The zero-order valence-corrected chi connectivity index (χ0v) is 24.2. The minimum Gasteiger partial charge on any atom is -0.494 e. The quantitative estimate of drug-likeness (QED) is 0.147. The van der Waals surface area contributed by atoms with E-state index in [1.165, 1.54) is 69.6 Å². The Morgan fingerprint density at radius 3 is 2.16 bits per heavy atom. The second-order valence-corrected chi connectivity index (χ2v) is 10.1. The van der Waals surface area contributed by atoms with Gasteiger partial charge in [-0.25, -0.2) is 4.57 Å². The van der Waals surface area contributed by atoms with Gasteiger partial charge in [0.05, 0.1) is 6.61 Å². The minimum absolute atomic E-state index is 0.195. The number of aryl methyl sites for hydroxylation is 2. The van der Waals surface area contributed by atoms with Gasteiger partial charge in [-0.15, -0.1) is 0 Å². The fourth-order valence-electron chi connectivity index (χ4n) is 4.52. The van der Waals surface area contributed by atoms with Crippen LogP contribution in [-0.4, -0.2) is 29.9 Å². The number of nitrogens with zero attached hydrogens (tertiary/aromatic N) is 2. The smallest absolute Gasteiger partial charge is 0.267 e. The molecule has 38 heavy (non-hydrogen) atoms. The van der Waals surface area contributed by atoms with Gasteiger partial charge in [0.25, 0.3) is 5.91 Å². The molecule has 2 amide bonds. The summed E-state index contributed by atoms with van der Waals surface area (Å²) in [6, 6.07) is 11.5. The zero-order valence-electron chi connectivity index (χ0n) is 24.2. The van der Waals surface area contributed by atoms with Crippen molar-refractivity contribution < 1.29 is 23.6 Å². The molecule has 0 spiro atoms. The molecule has 0 radical (unpaired) electrons. The Balaban J connectivity index is 1.74. The molecule has 0 aliphatic heterocycles. The van der Waals surface area contributed by atoms with Crippen LogP contribution >= 0.6 is 0 Å². The van der Waals surface area contributed by atoms with E-state index in [9.17, 15) is 9.59 Å². The first-order chi connectivity index (χ1) is 18.5. The molecule has 1 heterocycles. The van der Waals surface area contributed by atoms with E-state index < -0.39 is 0 Å². The molecule has 0 N–H and O–H groups in total. The Morgan fingerprint density at radius 2 is 1.53 bits per heavy atom. The third-order valence-electron chi connectivity index (χ3n) is 6.76. The van der Waals surface area contributed by atoms with Crippen molar-refractivity contribution in [2.24, 2.45) is 0 Å². The molecular formula is C32H49N2O4+. The molecule has 2 rings (SSSR count). The number of carbonyl (C=O) groups is 2. The van der Waals surface area contributed by atoms with Crippen LogP contribution in [0.2, 0.25) is 0 Å². The first-order valence-corrected chi connectivity index (χ1v) is 14.6. The number of hydrogen-bond donors (Lipinski definition) is 0. The molecule has 0 bridgehead atoms. The van der Waals surface area contributed by atoms with Crippen LogP contribution < -0.4 is 14.0 Å². The summed E-state index contributed by atoms with van der Waals surface area (Å²) in [5.74, 6) is 0.781. The van der Waals surface area contributed by atoms with Crippen molar-refractivity contribution in [1.82, 2.24) is 4.90 Å². The highest BCUT2D eigenvalue weighted by atomic mass is 16.5. The van der Waals surface area contributed by atoms with Gasteiger partial charge in [-0.05, 0) is 37.1 Å². The summed E-state index contributed by atoms with van der Waals surface area (Å²) in [5, 5.41) is 0. The van der Waals surface area contributed by atoms with Crippen molar-refractivity contribution >= 4 is 11.8 Å². The lowest BCUT2D eigenvalue weighted by atomic mass is 10.1. The van der Waals surface area contributed by atoms with Gasteiger partial charge in [-0.2, -0.15) is 0 Å². The minimum atomic E-state index is -0.356. The first kappa shape index (κ1) is 31.3. The van der Waals surface area contributed by atoms with Gasteiger partial charge in [0.1, 0.15) is 24.6 Å². The van der Waals surface area contributed by atoms with Gasteiger partial charge in [-0.1, -0.05) is 77.7 Å². The molecule has 0 unspecified atom stereocenters. The van der Waals surface area contributed by atoms with Gasteiger partial charge in [0, 0.05) is 25.5 Å². The third-order valence-corrected chi connectivity index (χ3v) is 6.76. The fraction of sp³-hybridized carbons (Fsp3) is 0.594. The number of aromatic nitrogens is 1. The summed E-state index contributed by atoms with van der Waals surface area (Å²) in [6.07, 6.45) is 16.0. The lowest BCUT2D eigenvalue weighted by Crippen LogP contribution is -2.44. The average Bonchev–Trinajstić information content (AvgIpc) is 2.90. The number of amides is 2. The summed E-state index contributed by atoms with van der Waals surface area (Å²) in [4.78, 5) is 26.4. The summed E-state index contributed by atoms with van der Waals surface area (Å²) in [7, 11) is 0. The lowest BCUT2D eigenvalue weighted by Gasteiger charge is -2.19. The predicted molar refractivity (Wildman–Crippen MR) is 152 cm³/mol. The highest BCUT2D eigenvalue weighted by Crippen LogP contribution is 2.24. The topological polar surface area (TPSA) is 59.7 Å². The number of hydrogen-bond acceptors (Lipinski definition) is 4. The summed E-state index contributed by atoms with van der Waals surface area (Å²) < 4.78 is 13.8. The maximum absolute atomic E-state index is 12.9. The standard InChI is InChI=1S/C32H49N2O4/c1-5-7-8-9-10-11-12-13-14-17-23-37-30-19-20-31(27(3)24-30)38-26-32(36)34(28(4)35)25-29-18-15-16-22-33(29)21-6-2/h15-16,18-20,22,24H,5-14,17,21,23,25-26H2,1-4H3/q+1. The summed E-state index contributed by atoms with van der Waals surface area (Å²) in [6.45, 7) is 9.28. The molecule has 0 saturated heterocycles. The highest BCUT2D eigenvalue weighted by Gasteiger charge is 2.23. The Labute approximate surface area is 230 Å². The molecule has 0 fully saturated rings. The van der Waals surface area contributed by atoms with E-state index in [1.54, 1.807) is 0 Å². The SMILES string of the molecule is CCCCCCCCCCCCOc1ccc(OCC(=O)N(Cc2cccc[n+]2CCC)C(C)=O)c(C)c1. The summed E-state index contributed by atoms with van der Waals surface area (Å²) in [5.41, 5.74) is 1.81. The van der Waals surface area contributed by atoms with Crippen LogP contribution in [-0.2, 0) is 22.7 Å². The van der Waals surface area contributed by atoms with E-state index in [1.807, 2.05) is 49.5 Å². The number of pyridine rings is 1. The van der Waals surface area contributed by atoms with Crippen molar-refractivity contribution in [2.75, 3.05) is 13.2 Å². The highest BCUT2D eigenvalue weighted by molar-refractivity contribution is 5.94. The Hall–Kier alpha value is -2.89. The number of benzene rings is 1. The molecule has 1 aromatic heterocycles. The van der Waals surface area contributed by atoms with Crippen LogP contribution in [0, 0.1) is 6.92 Å². The average molecular weight is 526 g/mol. The molecule has 210 valence electrons. The molecule has 6 heteroatoms. The van der Waals surface area contributed by atoms with E-state index in [4.69, 9.17) is 9.47 Å². The number of imide groups is 1. The Kier molecular flexibility index (Phi) is 15.1. The van der Waals surface area contributed by atoms with E-state index in [-0.39, 0.29) is 25.0 Å². The van der Waals surface area contributed by atoms with Crippen LogP contribution in [0.1, 0.15) is 103 Å². The van der Waals surface area contributed by atoms with Crippen LogP contribution in [0.3, 0.4) is 0 Å². The summed E-state index contributed by atoms with van der Waals surface area (Å²) >= 11 is 0. The third kappa shape index (κ3) is 11.7. The van der Waals surface area contributed by atoms with Crippen molar-refractivity contribution in [1.29, 1.82) is 0 Å². The van der Waals surface area contributed by atoms with Crippen molar-refractivity contribution in [2.45, 2.75) is 111 Å². The zero-order chi connectivity index (χ0) is 27.6. The Morgan fingerprint density at radius 1 is 0.842 bits per heavy atom. The second-order valence-electron chi connectivity index (χ2n) is 10.1. The normalized spacial score (nSPS) is 10.8. The molecule has 2 aromatic rings. The largest absolute Gasteiger partial charge is 0.494 e.